The molecule has 162 valence electrons. The lowest BCUT2D eigenvalue weighted by atomic mass is 10.1. The third kappa shape index (κ3) is 4.70. The van der Waals surface area contributed by atoms with Crippen molar-refractivity contribution in [2.24, 2.45) is 0 Å². The van der Waals surface area contributed by atoms with Gasteiger partial charge in [0.05, 0.1) is 10.6 Å². The van der Waals surface area contributed by atoms with Crippen LogP contribution in [0.4, 0.5) is 11.4 Å². The van der Waals surface area contributed by atoms with Gasteiger partial charge in [-0.15, -0.1) is 0 Å². The molecule has 0 radical (unpaired) electrons. The van der Waals surface area contributed by atoms with Gasteiger partial charge in [-0.1, -0.05) is 30.3 Å². The fraction of sp³-hybridized carbons (Fsp3) is 0.0833. The molecular formula is C24H22N4O3S. The molecule has 0 aliphatic carbocycles. The van der Waals surface area contributed by atoms with Gasteiger partial charge in [0.2, 0.25) is 0 Å². The summed E-state index contributed by atoms with van der Waals surface area (Å²) in [7, 11) is -3.85. The highest BCUT2D eigenvalue weighted by Crippen LogP contribution is 2.23. The van der Waals surface area contributed by atoms with Crippen molar-refractivity contribution >= 4 is 27.3 Å². The molecular weight excluding hydrogens is 424 g/mol. The van der Waals surface area contributed by atoms with Gasteiger partial charge in [-0.25, -0.2) is 8.42 Å². The number of aromatic nitrogens is 2. The Morgan fingerprint density at radius 2 is 1.69 bits per heavy atom. The molecule has 32 heavy (non-hydrogen) atoms. The van der Waals surface area contributed by atoms with Gasteiger partial charge in [0.15, 0.2) is 0 Å². The topological polar surface area (TPSA) is 104 Å². The van der Waals surface area contributed by atoms with Gasteiger partial charge in [-0.2, -0.15) is 5.10 Å². The lowest BCUT2D eigenvalue weighted by Crippen LogP contribution is -2.17. The normalized spacial score (nSPS) is 11.2. The van der Waals surface area contributed by atoms with E-state index in [9.17, 15) is 13.2 Å². The molecule has 4 aromatic rings. The van der Waals surface area contributed by atoms with Crippen LogP contribution in [0.15, 0.2) is 83.9 Å². The summed E-state index contributed by atoms with van der Waals surface area (Å²) in [6, 6.07) is 20.7. The Balaban J connectivity index is 1.58. The van der Waals surface area contributed by atoms with Crippen molar-refractivity contribution in [1.82, 2.24) is 10.2 Å². The molecule has 0 aliphatic rings. The van der Waals surface area contributed by atoms with E-state index in [-0.39, 0.29) is 10.5 Å². The quantitative estimate of drug-likeness (QED) is 0.398. The number of aryl methyl sites for hydroxylation is 2. The molecule has 3 N–H and O–H groups in total. The monoisotopic (exact) mass is 446 g/mol. The molecule has 7 nitrogen and oxygen atoms in total. The zero-order chi connectivity index (χ0) is 22.7. The van der Waals surface area contributed by atoms with Crippen LogP contribution in [0.2, 0.25) is 0 Å². The first-order valence-corrected chi connectivity index (χ1v) is 11.4. The van der Waals surface area contributed by atoms with E-state index in [0.29, 0.717) is 16.9 Å². The van der Waals surface area contributed by atoms with Crippen LogP contribution in [0.3, 0.4) is 0 Å². The number of nitrogens with one attached hydrogen (secondary N) is 3. The fourth-order valence-corrected chi connectivity index (χ4v) is 4.39. The molecule has 0 bridgehead atoms. The van der Waals surface area contributed by atoms with E-state index in [1.54, 1.807) is 43.5 Å². The Kier molecular flexibility index (Phi) is 5.79. The molecule has 1 amide bonds. The van der Waals surface area contributed by atoms with Crippen LogP contribution in [-0.4, -0.2) is 24.5 Å². The van der Waals surface area contributed by atoms with Crippen LogP contribution in [0.25, 0.3) is 11.3 Å². The molecule has 0 spiro atoms. The van der Waals surface area contributed by atoms with Gasteiger partial charge < -0.3 is 5.32 Å². The van der Waals surface area contributed by atoms with Gasteiger partial charge >= 0.3 is 0 Å². The first-order chi connectivity index (χ1) is 15.3. The number of hydrogen-bond donors (Lipinski definition) is 3. The number of aromatic amines is 1. The smallest absolute Gasteiger partial charge is 0.261 e. The second kappa shape index (κ2) is 8.68. The fourth-order valence-electron chi connectivity index (χ4n) is 3.32. The Bertz CT molecular complexity index is 1380. The van der Waals surface area contributed by atoms with Crippen molar-refractivity contribution in [1.29, 1.82) is 0 Å². The second-order valence-corrected chi connectivity index (χ2v) is 9.14. The van der Waals surface area contributed by atoms with Gasteiger partial charge in [0.1, 0.15) is 0 Å². The number of nitrogens with zero attached hydrogens (tertiary/aromatic N) is 1. The summed E-state index contributed by atoms with van der Waals surface area (Å²) in [4.78, 5) is 13.0. The third-order valence-corrected chi connectivity index (χ3v) is 6.35. The predicted octanol–water partition coefficient (Wildman–Crippen LogP) is 4.75. The lowest BCUT2D eigenvalue weighted by Gasteiger charge is -2.12. The molecule has 0 fully saturated rings. The zero-order valence-electron chi connectivity index (χ0n) is 17.6. The average molecular weight is 447 g/mol. The Hall–Kier alpha value is -3.91. The Labute approximate surface area is 186 Å². The molecule has 0 unspecified atom stereocenters. The van der Waals surface area contributed by atoms with E-state index in [2.05, 4.69) is 20.2 Å². The molecule has 1 heterocycles. The first kappa shape index (κ1) is 21.3. The molecule has 3 aromatic carbocycles. The van der Waals surface area contributed by atoms with Gasteiger partial charge in [0.25, 0.3) is 15.9 Å². The van der Waals surface area contributed by atoms with Crippen LogP contribution < -0.4 is 10.0 Å². The summed E-state index contributed by atoms with van der Waals surface area (Å²) >= 11 is 0. The lowest BCUT2D eigenvalue weighted by molar-refractivity contribution is 0.102. The largest absolute Gasteiger partial charge is 0.322 e. The van der Waals surface area contributed by atoms with E-state index in [1.807, 2.05) is 37.3 Å². The van der Waals surface area contributed by atoms with Crippen molar-refractivity contribution in [2.75, 3.05) is 10.0 Å². The van der Waals surface area contributed by atoms with Crippen LogP contribution >= 0.6 is 0 Å². The van der Waals surface area contributed by atoms with Crippen LogP contribution in [0.1, 0.15) is 21.5 Å². The number of carbonyl (C=O) groups excluding carboxylic acids is 1. The molecule has 0 atom stereocenters. The van der Waals surface area contributed by atoms with Gasteiger partial charge in [0, 0.05) is 28.7 Å². The number of rotatable bonds is 6. The maximum absolute atomic E-state index is 13.0. The summed E-state index contributed by atoms with van der Waals surface area (Å²) in [5.74, 6) is -0.392. The third-order valence-electron chi connectivity index (χ3n) is 4.97. The minimum Gasteiger partial charge on any atom is -0.322 e. The highest BCUT2D eigenvalue weighted by Gasteiger charge is 2.19. The molecule has 0 saturated heterocycles. The summed E-state index contributed by atoms with van der Waals surface area (Å²) in [5.41, 5.74) is 4.64. The van der Waals surface area contributed by atoms with Crippen LogP contribution in [0, 0.1) is 13.8 Å². The maximum atomic E-state index is 13.0. The zero-order valence-corrected chi connectivity index (χ0v) is 18.4. The van der Waals surface area contributed by atoms with Crippen molar-refractivity contribution in [3.8, 4) is 11.3 Å². The van der Waals surface area contributed by atoms with Crippen LogP contribution in [-0.2, 0) is 10.0 Å². The number of anilines is 2. The molecule has 8 heteroatoms. The minimum absolute atomic E-state index is 0.0148. The Morgan fingerprint density at radius 1 is 0.906 bits per heavy atom. The van der Waals surface area contributed by atoms with E-state index in [4.69, 9.17) is 0 Å². The summed E-state index contributed by atoms with van der Waals surface area (Å²) in [6.07, 6.45) is 1.65. The first-order valence-electron chi connectivity index (χ1n) is 9.93. The van der Waals surface area contributed by atoms with Crippen molar-refractivity contribution < 1.29 is 13.2 Å². The number of benzene rings is 3. The van der Waals surface area contributed by atoms with E-state index in [0.717, 1.165) is 16.8 Å². The van der Waals surface area contributed by atoms with E-state index >= 15 is 0 Å². The number of sulfonamides is 1. The predicted molar refractivity (Wildman–Crippen MR) is 125 cm³/mol. The summed E-state index contributed by atoms with van der Waals surface area (Å²) < 4.78 is 28.3. The molecule has 0 saturated carbocycles. The number of hydrogen-bond acceptors (Lipinski definition) is 4. The molecule has 1 aromatic heterocycles. The van der Waals surface area contributed by atoms with Gasteiger partial charge in [-0.3, -0.25) is 14.6 Å². The Morgan fingerprint density at radius 3 is 2.44 bits per heavy atom. The molecule has 4 rings (SSSR count). The van der Waals surface area contributed by atoms with Crippen molar-refractivity contribution in [3.05, 3.63) is 95.7 Å². The van der Waals surface area contributed by atoms with E-state index in [1.165, 1.54) is 12.1 Å². The average Bonchev–Trinajstić information content (AvgIpc) is 3.29. The van der Waals surface area contributed by atoms with Gasteiger partial charge in [-0.05, 0) is 67.4 Å². The van der Waals surface area contributed by atoms with Crippen LogP contribution in [0.5, 0.6) is 0 Å². The highest BCUT2D eigenvalue weighted by atomic mass is 32.2. The summed E-state index contributed by atoms with van der Waals surface area (Å²) in [5, 5.41) is 9.68. The summed E-state index contributed by atoms with van der Waals surface area (Å²) in [6.45, 7) is 3.65. The number of H-pyrrole nitrogens is 1. The highest BCUT2D eigenvalue weighted by molar-refractivity contribution is 7.92. The van der Waals surface area contributed by atoms with Crippen molar-refractivity contribution in [2.45, 2.75) is 18.7 Å². The molecule has 0 aliphatic heterocycles. The van der Waals surface area contributed by atoms with Crippen molar-refractivity contribution in [3.63, 3.8) is 0 Å². The standard InChI is InChI=1S/C24H22N4O3S/c1-16-5-3-8-20(13-16)28-32(30,31)21-10-9-17(2)22(15-21)24(29)26-19-7-4-6-18(14-19)23-11-12-25-27-23/h3-15,28H,1-2H3,(H,25,27)(H,26,29). The second-order valence-electron chi connectivity index (χ2n) is 7.46. The number of carbonyl (C=O) groups is 1. The number of amides is 1. The SMILES string of the molecule is Cc1cccc(NS(=O)(=O)c2ccc(C)c(C(=O)Nc3cccc(-c4ccn[nH]4)c3)c2)c1. The maximum Gasteiger partial charge on any atom is 0.261 e. The minimum atomic E-state index is -3.85. The van der Waals surface area contributed by atoms with E-state index < -0.39 is 15.9 Å².